The van der Waals surface area contributed by atoms with Gasteiger partial charge < -0.3 is 78.3 Å². The topological polar surface area (TPSA) is 345 Å². The molecule has 0 heterocycles. The molecule has 8 atom stereocenters. The molecule has 0 aliphatic rings. The summed E-state index contributed by atoms with van der Waals surface area (Å²) < 4.78 is 70.2. The molecule has 1 aromatic carbocycles. The molecule has 1 aromatic rings. The minimum Gasteiger partial charge on any atom is -0.756 e. The molecular formula is C82H146N4Na2O20P2. The number of hydrogen-bond acceptors (Lipinski definition) is 20. The molecule has 1 rings (SSSR count). The van der Waals surface area contributed by atoms with Crippen LogP contribution in [0, 0.1) is 0 Å². The van der Waals surface area contributed by atoms with Gasteiger partial charge in [0.05, 0.1) is 76.8 Å². The van der Waals surface area contributed by atoms with Crippen LogP contribution in [0.15, 0.2) is 48.6 Å². The summed E-state index contributed by atoms with van der Waals surface area (Å²) >= 11 is 0. The van der Waals surface area contributed by atoms with Crippen LogP contribution in [0.25, 0.3) is 0 Å². The van der Waals surface area contributed by atoms with Gasteiger partial charge in [0.1, 0.15) is 12.2 Å². The third kappa shape index (κ3) is 66.7. The van der Waals surface area contributed by atoms with Crippen LogP contribution in [-0.2, 0) is 65.4 Å². The summed E-state index contributed by atoms with van der Waals surface area (Å²) in [5.74, 6) is -3.00. The van der Waals surface area contributed by atoms with Gasteiger partial charge in [0.15, 0.2) is 0 Å². The molecule has 110 heavy (non-hydrogen) atoms. The van der Waals surface area contributed by atoms with Crippen LogP contribution < -0.4 is 90.2 Å². The van der Waals surface area contributed by atoms with Crippen molar-refractivity contribution >= 4 is 51.2 Å². The summed E-state index contributed by atoms with van der Waals surface area (Å²) in [5.41, 5.74) is 0.237. The Morgan fingerprint density at radius 2 is 0.691 bits per heavy atom. The number of ether oxygens (including phenoxy) is 4. The van der Waals surface area contributed by atoms with Crippen LogP contribution in [0.1, 0.15) is 345 Å². The van der Waals surface area contributed by atoms with Crippen molar-refractivity contribution in [3.8, 4) is 0 Å². The largest absolute Gasteiger partial charge is 1.00 e. The van der Waals surface area contributed by atoms with Crippen molar-refractivity contribution in [2.45, 2.75) is 361 Å². The molecule has 626 valence electrons. The summed E-state index contributed by atoms with van der Waals surface area (Å²) in [6.07, 6.45) is 43.2. The Morgan fingerprint density at radius 1 is 0.391 bits per heavy atom. The fourth-order valence-corrected chi connectivity index (χ4v) is 13.4. The Balaban J connectivity index is 0. The molecule has 6 N–H and O–H groups in total. The zero-order chi connectivity index (χ0) is 79.4. The second kappa shape index (κ2) is 75.3. The van der Waals surface area contributed by atoms with Gasteiger partial charge in [-0.15, -0.1) is 0 Å². The van der Waals surface area contributed by atoms with E-state index in [0.29, 0.717) is 51.4 Å². The van der Waals surface area contributed by atoms with Crippen molar-refractivity contribution < 1.29 is 154 Å². The number of esters is 2. The molecule has 0 aliphatic carbocycles. The summed E-state index contributed by atoms with van der Waals surface area (Å²) in [6, 6.07) is 3.48. The Kier molecular flexibility index (Phi) is 75.1. The number of phosphoric acid groups is 2. The Hall–Kier alpha value is -2.42. The minimum absolute atomic E-state index is 0. The second-order valence-corrected chi connectivity index (χ2v) is 31.5. The number of allylic oxidation sites excluding steroid dienone is 4. The number of hydrogen-bond donors (Lipinski definition) is 6. The van der Waals surface area contributed by atoms with E-state index in [0.717, 1.165) is 167 Å². The Bertz CT molecular complexity index is 2430. The fourth-order valence-electron chi connectivity index (χ4n) is 11.9. The van der Waals surface area contributed by atoms with Gasteiger partial charge in [0.25, 0.3) is 27.5 Å². The molecule has 0 bridgehead atoms. The third-order valence-electron chi connectivity index (χ3n) is 18.4. The number of aliphatic hydroxyl groups excluding tert-OH is 2. The number of aliphatic hydroxyl groups is 2. The molecule has 24 nitrogen and oxygen atoms in total. The van der Waals surface area contributed by atoms with Crippen LogP contribution in [0.2, 0.25) is 0 Å². The third-order valence-corrected chi connectivity index (χ3v) is 20.3. The number of phosphoric ester groups is 2. The molecule has 0 aromatic heterocycles. The van der Waals surface area contributed by atoms with Gasteiger partial charge in [-0.25, -0.2) is 0 Å². The van der Waals surface area contributed by atoms with Gasteiger partial charge in [-0.1, -0.05) is 220 Å². The van der Waals surface area contributed by atoms with E-state index in [4.69, 9.17) is 37.0 Å². The number of carbonyl (C=O) groups is 6. The van der Waals surface area contributed by atoms with Crippen LogP contribution in [-0.4, -0.2) is 148 Å². The molecule has 0 aliphatic heterocycles. The zero-order valence-electron chi connectivity index (χ0n) is 69.4. The van der Waals surface area contributed by atoms with Gasteiger partial charge in [-0.2, -0.15) is 0 Å². The molecule has 0 radical (unpaired) electrons. The summed E-state index contributed by atoms with van der Waals surface area (Å²) in [6.45, 7) is 10.1. The van der Waals surface area contributed by atoms with Crippen LogP contribution in [0.4, 0.5) is 0 Å². The van der Waals surface area contributed by atoms with E-state index in [1.54, 1.807) is 0 Å². The van der Waals surface area contributed by atoms with Crippen molar-refractivity contribution in [3.05, 3.63) is 59.7 Å². The van der Waals surface area contributed by atoms with Gasteiger partial charge in [0, 0.05) is 50.3 Å². The van der Waals surface area contributed by atoms with Crippen molar-refractivity contribution in [1.29, 1.82) is 0 Å². The van der Waals surface area contributed by atoms with E-state index in [1.165, 1.54) is 62.8 Å². The Morgan fingerprint density at radius 3 is 1.02 bits per heavy atom. The smallest absolute Gasteiger partial charge is 0.756 e. The van der Waals surface area contributed by atoms with Crippen molar-refractivity contribution in [1.82, 2.24) is 21.3 Å². The fraction of sp³-hybridized carbons (Fsp3) is 0.805. The number of nitrogens with one attached hydrogen (secondary N) is 4. The first-order chi connectivity index (χ1) is 52.2. The van der Waals surface area contributed by atoms with E-state index in [9.17, 15) is 57.9 Å². The van der Waals surface area contributed by atoms with Crippen molar-refractivity contribution in [2.24, 2.45) is 0 Å². The predicted octanol–water partition coefficient (Wildman–Crippen LogP) is 10.1. The second-order valence-electron chi connectivity index (χ2n) is 28.7. The van der Waals surface area contributed by atoms with E-state index in [2.05, 4.69) is 87.1 Å². The van der Waals surface area contributed by atoms with Gasteiger partial charge in [0.2, 0.25) is 11.8 Å². The monoisotopic (exact) mass is 1610 g/mol. The molecule has 0 saturated carbocycles. The summed E-state index contributed by atoms with van der Waals surface area (Å²) in [4.78, 5) is 106. The molecule has 0 spiro atoms. The maximum Gasteiger partial charge on any atom is 1.00 e. The van der Waals surface area contributed by atoms with Crippen LogP contribution >= 0.6 is 15.6 Å². The van der Waals surface area contributed by atoms with E-state index in [-0.39, 0.29) is 147 Å². The summed E-state index contributed by atoms with van der Waals surface area (Å²) in [5, 5.41) is 31.9. The predicted molar refractivity (Wildman–Crippen MR) is 423 cm³/mol. The van der Waals surface area contributed by atoms with E-state index in [1.807, 2.05) is 0 Å². The summed E-state index contributed by atoms with van der Waals surface area (Å²) in [7, 11) is -10.1. The van der Waals surface area contributed by atoms with E-state index >= 15 is 0 Å². The van der Waals surface area contributed by atoms with Gasteiger partial charge >= 0.3 is 71.1 Å². The first-order valence-corrected chi connectivity index (χ1v) is 44.8. The molecule has 4 amide bonds. The number of rotatable bonds is 76. The molecule has 28 heteroatoms. The number of carbonyl (C=O) groups excluding carboxylic acids is 6. The van der Waals surface area contributed by atoms with Gasteiger partial charge in [-0.05, 0) is 127 Å². The van der Waals surface area contributed by atoms with Gasteiger partial charge in [-0.3, -0.25) is 37.9 Å². The normalized spacial score (nSPS) is 14.3. The average molecular weight is 1620 g/mol. The molecule has 0 saturated heterocycles. The first kappa shape index (κ1) is 110. The number of amides is 4. The van der Waals surface area contributed by atoms with Crippen LogP contribution in [0.5, 0.6) is 0 Å². The van der Waals surface area contributed by atoms with Crippen molar-refractivity contribution in [3.63, 3.8) is 0 Å². The quantitative estimate of drug-likeness (QED) is 0.0116. The van der Waals surface area contributed by atoms with Crippen LogP contribution in [0.3, 0.4) is 0 Å². The standard InChI is InChI=1S/C82H148N4O20P2.2Na/c1-7-13-19-25-27-29-31-37-43-49-79(91)105-75(47-41-35-23-17-11-5)63-77(89)85-71(65-99-59-55-73(87)45-39-33-21-15-9-3)67-103-107(95,96)101-61-57-83-81(93)69-51-53-70(54-52-69)82(94)84-58-62-102-108(97,98)104-68-72(66-100-60-56-74(88)46-40-34-22-16-10-4)86-78(90)64-76(48-42-36-24-18-12-6)106-80(92)50-44-38-32-30-28-26-20-14-8-2;;/h29-32,51-54,71-76,87-88H,7-28,33-50,55-68H2,1-6H3,(H,83,93)(H,84,94)(H,85,89)(H,86,90)(H,95,96)(H,97,98);;/q;2*+1/p-2/b31-29-,32-30-;;/t71?,72?,73-,74-,75-,76-;;/m1../s1. The SMILES string of the molecule is CCCCCC/C=C\CCCC(=O)O[C@H](CCCCCCC)CC(=O)NC(COCC[C@H](O)CCCCCCC)COP(=O)([O-])OCCNC(=O)c1ccc(C(=O)NCCOP(=O)([O-])OCC(COCC[C@H](O)CCCCCCC)NC(=O)C[C@@H](CCCCCCC)OC(=O)CCC/C=C\CCCCCC)cc1.[Na+].[Na+]. The number of benzene rings is 1. The van der Waals surface area contributed by atoms with Crippen molar-refractivity contribution in [2.75, 3.05) is 65.9 Å². The molecule has 4 unspecified atom stereocenters. The molecular weight excluding hydrogens is 1470 g/mol. The Labute approximate surface area is 707 Å². The zero-order valence-corrected chi connectivity index (χ0v) is 75.2. The maximum atomic E-state index is 13.7. The maximum absolute atomic E-state index is 13.7. The molecule has 0 fully saturated rings. The number of unbranched alkanes of at least 4 members (excludes halogenated alkanes) is 26. The van der Waals surface area contributed by atoms with E-state index < -0.39 is 102 Å². The first-order valence-electron chi connectivity index (χ1n) is 41.9. The minimum atomic E-state index is -5.03. The average Bonchev–Trinajstić information content (AvgIpc) is 0.894.